The lowest BCUT2D eigenvalue weighted by Crippen LogP contribution is -2.37. The molecule has 2 aromatic carbocycles. The molecule has 0 aliphatic rings. The minimum Gasteiger partial charge on any atom is -0.396 e. The van der Waals surface area contributed by atoms with E-state index in [-0.39, 0.29) is 32.0 Å². The van der Waals surface area contributed by atoms with E-state index in [9.17, 15) is 20.1 Å². The zero-order valence-corrected chi connectivity index (χ0v) is 27.9. The Labute approximate surface area is 276 Å². The first-order valence-corrected chi connectivity index (χ1v) is 17.5. The van der Waals surface area contributed by atoms with Crippen LogP contribution in [-0.4, -0.2) is 101 Å². The van der Waals surface area contributed by atoms with Gasteiger partial charge >= 0.3 is 0 Å². The van der Waals surface area contributed by atoms with Gasteiger partial charge in [0.15, 0.2) is 0 Å². The van der Waals surface area contributed by atoms with Gasteiger partial charge in [0.2, 0.25) is 5.91 Å². The van der Waals surface area contributed by atoms with Crippen LogP contribution in [0.5, 0.6) is 0 Å². The normalized spacial score (nSPS) is 13.5. The second-order valence-electron chi connectivity index (χ2n) is 12.6. The van der Waals surface area contributed by atoms with E-state index in [4.69, 9.17) is 15.9 Å². The quantitative estimate of drug-likeness (QED) is 0.0728. The van der Waals surface area contributed by atoms with E-state index in [0.29, 0.717) is 45.3 Å². The molecule has 260 valence electrons. The van der Waals surface area contributed by atoms with Gasteiger partial charge in [-0.05, 0) is 106 Å². The van der Waals surface area contributed by atoms with Crippen LogP contribution in [-0.2, 0) is 17.6 Å². The number of nitrogens with zero attached hydrogens (tertiary/aromatic N) is 1. The molecule has 0 saturated heterocycles. The highest BCUT2D eigenvalue weighted by Crippen LogP contribution is 2.21. The summed E-state index contributed by atoms with van der Waals surface area (Å²) >= 11 is 0. The van der Waals surface area contributed by atoms with Crippen LogP contribution in [0.1, 0.15) is 88.2 Å². The second kappa shape index (κ2) is 24.8. The van der Waals surface area contributed by atoms with Gasteiger partial charge in [0, 0.05) is 45.7 Å². The summed E-state index contributed by atoms with van der Waals surface area (Å²) in [6.07, 6.45) is 8.14. The number of aliphatic hydroxyl groups is 5. The standard InChI is InChI=1S/C37H61N3O6/c38-22-4-3-8-30-12-16-32(17-13-30)33-18-14-31(15-19-33)9-6-23-39-37(46)11-2-1-5-24-40(25-20-34(43)10-7-26-41)29-36(45)28-35(44)21-27-42/h12-19,34-36,41-45H,1-11,20-29,38H2,(H,39,46). The summed E-state index contributed by atoms with van der Waals surface area (Å²) in [6.45, 7) is 3.03. The van der Waals surface area contributed by atoms with Crippen LogP contribution < -0.4 is 11.1 Å². The Kier molecular flexibility index (Phi) is 21.4. The predicted molar refractivity (Wildman–Crippen MR) is 185 cm³/mol. The summed E-state index contributed by atoms with van der Waals surface area (Å²) in [5.41, 5.74) is 10.6. The number of hydrogen-bond acceptors (Lipinski definition) is 8. The molecular formula is C37H61N3O6. The molecule has 0 saturated carbocycles. The van der Waals surface area contributed by atoms with E-state index in [1.165, 1.54) is 22.3 Å². The van der Waals surface area contributed by atoms with Crippen molar-refractivity contribution in [3.05, 3.63) is 59.7 Å². The largest absolute Gasteiger partial charge is 0.396 e. The van der Waals surface area contributed by atoms with Crippen molar-refractivity contribution >= 4 is 5.91 Å². The Morgan fingerprint density at radius 2 is 1.33 bits per heavy atom. The Morgan fingerprint density at radius 1 is 0.674 bits per heavy atom. The number of hydrogen-bond donors (Lipinski definition) is 7. The smallest absolute Gasteiger partial charge is 0.219 e. The number of rotatable bonds is 27. The Balaban J connectivity index is 1.63. The molecule has 0 aromatic heterocycles. The average molecular weight is 644 g/mol. The third-order valence-electron chi connectivity index (χ3n) is 8.45. The van der Waals surface area contributed by atoms with Crippen molar-refractivity contribution in [3.8, 4) is 11.1 Å². The van der Waals surface area contributed by atoms with Crippen LogP contribution in [0.4, 0.5) is 0 Å². The molecule has 9 heteroatoms. The van der Waals surface area contributed by atoms with Crippen molar-refractivity contribution in [1.29, 1.82) is 0 Å². The van der Waals surface area contributed by atoms with E-state index in [2.05, 4.69) is 58.7 Å². The number of benzene rings is 2. The lowest BCUT2D eigenvalue weighted by Gasteiger charge is -2.27. The summed E-state index contributed by atoms with van der Waals surface area (Å²) in [7, 11) is 0. The molecule has 2 rings (SSSR count). The molecule has 8 N–H and O–H groups in total. The highest BCUT2D eigenvalue weighted by atomic mass is 16.3. The maximum Gasteiger partial charge on any atom is 0.219 e. The fourth-order valence-electron chi connectivity index (χ4n) is 5.66. The van der Waals surface area contributed by atoms with Crippen LogP contribution in [0, 0.1) is 0 Å². The zero-order chi connectivity index (χ0) is 33.4. The van der Waals surface area contributed by atoms with Gasteiger partial charge in [0.25, 0.3) is 0 Å². The van der Waals surface area contributed by atoms with Crippen LogP contribution >= 0.6 is 0 Å². The zero-order valence-electron chi connectivity index (χ0n) is 27.9. The molecule has 46 heavy (non-hydrogen) atoms. The van der Waals surface area contributed by atoms with E-state index in [0.717, 1.165) is 64.5 Å². The van der Waals surface area contributed by atoms with Crippen LogP contribution in [0.2, 0.25) is 0 Å². The van der Waals surface area contributed by atoms with Gasteiger partial charge in [-0.15, -0.1) is 0 Å². The molecule has 0 aliphatic carbocycles. The minimum atomic E-state index is -0.749. The molecule has 0 spiro atoms. The van der Waals surface area contributed by atoms with Gasteiger partial charge in [-0.2, -0.15) is 0 Å². The first-order valence-electron chi connectivity index (χ1n) is 17.5. The monoisotopic (exact) mass is 643 g/mol. The molecule has 0 aliphatic heterocycles. The molecule has 0 bridgehead atoms. The number of nitrogens with one attached hydrogen (secondary N) is 1. The van der Waals surface area contributed by atoms with E-state index in [1.54, 1.807) is 0 Å². The summed E-state index contributed by atoms with van der Waals surface area (Å²) in [5.74, 6) is 0.0685. The summed E-state index contributed by atoms with van der Waals surface area (Å²) < 4.78 is 0. The maximum absolute atomic E-state index is 12.4. The molecule has 3 atom stereocenters. The molecule has 0 heterocycles. The molecule has 1 amide bonds. The number of unbranched alkanes of at least 4 members (excludes halogenated alkanes) is 3. The van der Waals surface area contributed by atoms with E-state index in [1.807, 2.05) is 0 Å². The first kappa shape index (κ1) is 39.8. The van der Waals surface area contributed by atoms with Crippen molar-refractivity contribution in [2.45, 2.75) is 108 Å². The highest BCUT2D eigenvalue weighted by molar-refractivity contribution is 5.75. The minimum absolute atomic E-state index is 0.0521. The van der Waals surface area contributed by atoms with Crippen LogP contribution in [0.15, 0.2) is 48.5 Å². The van der Waals surface area contributed by atoms with Gasteiger partial charge in [-0.25, -0.2) is 0 Å². The van der Waals surface area contributed by atoms with Gasteiger partial charge in [-0.3, -0.25) is 4.79 Å². The molecular weight excluding hydrogens is 582 g/mol. The third kappa shape index (κ3) is 18.1. The second-order valence-corrected chi connectivity index (χ2v) is 12.6. The number of aliphatic hydroxyl groups excluding tert-OH is 5. The van der Waals surface area contributed by atoms with Gasteiger partial charge in [0.1, 0.15) is 0 Å². The van der Waals surface area contributed by atoms with Crippen LogP contribution in [0.25, 0.3) is 11.1 Å². The van der Waals surface area contributed by atoms with E-state index < -0.39 is 18.3 Å². The SMILES string of the molecule is NCCCCc1ccc(-c2ccc(CCCNC(=O)CCCCCN(CCC(O)CCCO)CC(O)CC(O)CCO)cc2)cc1. The van der Waals surface area contributed by atoms with Crippen molar-refractivity contribution in [2.75, 3.05) is 45.9 Å². The number of nitrogens with two attached hydrogens (primary N) is 1. The number of carbonyl (C=O) groups is 1. The summed E-state index contributed by atoms with van der Waals surface area (Å²) in [6, 6.07) is 17.4. The highest BCUT2D eigenvalue weighted by Gasteiger charge is 2.17. The summed E-state index contributed by atoms with van der Waals surface area (Å²) in [4.78, 5) is 14.5. The lowest BCUT2D eigenvalue weighted by molar-refractivity contribution is -0.121. The van der Waals surface area contributed by atoms with E-state index >= 15 is 0 Å². The summed E-state index contributed by atoms with van der Waals surface area (Å²) in [5, 5.41) is 51.6. The molecule has 9 nitrogen and oxygen atoms in total. The Morgan fingerprint density at radius 3 is 1.93 bits per heavy atom. The Bertz CT molecular complexity index is 1040. The van der Waals surface area contributed by atoms with Crippen molar-refractivity contribution < 1.29 is 30.3 Å². The number of aryl methyl sites for hydroxylation is 2. The first-order chi connectivity index (χ1) is 22.3. The van der Waals surface area contributed by atoms with Gasteiger partial charge in [0.05, 0.1) is 18.3 Å². The van der Waals surface area contributed by atoms with Gasteiger partial charge in [-0.1, -0.05) is 55.0 Å². The number of carbonyl (C=O) groups excluding carboxylic acids is 1. The third-order valence-corrected chi connectivity index (χ3v) is 8.45. The van der Waals surface area contributed by atoms with Crippen molar-refractivity contribution in [2.24, 2.45) is 5.73 Å². The maximum atomic E-state index is 12.4. The fourth-order valence-corrected chi connectivity index (χ4v) is 5.66. The average Bonchev–Trinajstić information content (AvgIpc) is 3.05. The predicted octanol–water partition coefficient (Wildman–Crippen LogP) is 3.56. The number of amides is 1. The lowest BCUT2D eigenvalue weighted by atomic mass is 10.00. The Hall–Kier alpha value is -2.37. The fraction of sp³-hybridized carbons (Fsp3) is 0.649. The topological polar surface area (TPSA) is 160 Å². The van der Waals surface area contributed by atoms with Gasteiger partial charge < -0.3 is 41.5 Å². The molecule has 3 unspecified atom stereocenters. The van der Waals surface area contributed by atoms with Crippen LogP contribution in [0.3, 0.4) is 0 Å². The van der Waals surface area contributed by atoms with Crippen molar-refractivity contribution in [3.63, 3.8) is 0 Å². The van der Waals surface area contributed by atoms with Crippen molar-refractivity contribution in [1.82, 2.24) is 10.2 Å². The molecule has 0 radical (unpaired) electrons. The molecule has 0 fully saturated rings. The molecule has 2 aromatic rings.